The zero-order valence-corrected chi connectivity index (χ0v) is 12.5. The van der Waals surface area contributed by atoms with Crippen molar-refractivity contribution in [1.29, 1.82) is 0 Å². The summed E-state index contributed by atoms with van der Waals surface area (Å²) in [6.07, 6.45) is 5.69. The van der Waals surface area contributed by atoms with Crippen LogP contribution >= 0.6 is 0 Å². The van der Waals surface area contributed by atoms with Crippen molar-refractivity contribution in [3.8, 4) is 0 Å². The molecule has 0 aliphatic heterocycles. The summed E-state index contributed by atoms with van der Waals surface area (Å²) in [7, 11) is -3.57. The quantitative estimate of drug-likeness (QED) is 0.808. The lowest BCUT2D eigenvalue weighted by Gasteiger charge is -2.19. The molecule has 2 aromatic rings. The van der Waals surface area contributed by atoms with Crippen molar-refractivity contribution in [3.63, 3.8) is 0 Å². The number of aryl methyl sites for hydroxylation is 1. The molecule has 1 aromatic heterocycles. The molecule has 0 fully saturated rings. The van der Waals surface area contributed by atoms with E-state index in [-0.39, 0.29) is 11.4 Å². The van der Waals surface area contributed by atoms with Gasteiger partial charge in [0.05, 0.1) is 5.69 Å². The van der Waals surface area contributed by atoms with Gasteiger partial charge in [-0.15, -0.1) is 0 Å². The highest BCUT2D eigenvalue weighted by Crippen LogP contribution is 2.29. The molecule has 1 heterocycles. The Kier molecular flexibility index (Phi) is 3.73. The van der Waals surface area contributed by atoms with E-state index in [9.17, 15) is 8.42 Å². The Labute approximate surface area is 124 Å². The van der Waals surface area contributed by atoms with E-state index in [1.807, 2.05) is 12.1 Å². The number of sulfonamides is 1. The van der Waals surface area contributed by atoms with Crippen molar-refractivity contribution >= 4 is 15.7 Å². The highest BCUT2D eigenvalue weighted by atomic mass is 32.2. The number of benzene rings is 1. The molecule has 0 amide bonds. The SMILES string of the molecule is NCc1cc(S(=O)(=O)Nc2cccc3c2CCCC3)c[nH]1. The lowest BCUT2D eigenvalue weighted by Crippen LogP contribution is -2.15. The van der Waals surface area contributed by atoms with E-state index >= 15 is 0 Å². The van der Waals surface area contributed by atoms with Gasteiger partial charge in [0.15, 0.2) is 0 Å². The predicted octanol–water partition coefficient (Wildman–Crippen LogP) is 2.15. The van der Waals surface area contributed by atoms with Crippen LogP contribution < -0.4 is 10.5 Å². The molecule has 0 bridgehead atoms. The van der Waals surface area contributed by atoms with E-state index < -0.39 is 10.0 Å². The highest BCUT2D eigenvalue weighted by Gasteiger charge is 2.20. The molecule has 1 aromatic carbocycles. The van der Waals surface area contributed by atoms with Crippen LogP contribution in [0.15, 0.2) is 35.4 Å². The van der Waals surface area contributed by atoms with Crippen molar-refractivity contribution in [1.82, 2.24) is 4.98 Å². The standard InChI is InChI=1S/C15H19N3O2S/c16-9-12-8-13(10-17-12)21(19,20)18-15-7-3-5-11-4-1-2-6-14(11)15/h3,5,7-8,10,17-18H,1-2,4,6,9,16H2. The van der Waals surface area contributed by atoms with E-state index in [0.717, 1.165) is 24.8 Å². The van der Waals surface area contributed by atoms with Crippen LogP contribution in [-0.2, 0) is 29.4 Å². The first-order chi connectivity index (χ1) is 10.1. The molecule has 21 heavy (non-hydrogen) atoms. The Morgan fingerprint density at radius 3 is 2.81 bits per heavy atom. The molecule has 6 heteroatoms. The van der Waals surface area contributed by atoms with Gasteiger partial charge in [0, 0.05) is 18.4 Å². The molecule has 0 saturated heterocycles. The summed E-state index contributed by atoms with van der Waals surface area (Å²) in [4.78, 5) is 3.08. The first kappa shape index (κ1) is 14.2. The van der Waals surface area contributed by atoms with Gasteiger partial charge in [-0.05, 0) is 48.9 Å². The first-order valence-electron chi connectivity index (χ1n) is 7.11. The third kappa shape index (κ3) is 2.82. The zero-order chi connectivity index (χ0) is 14.9. The van der Waals surface area contributed by atoms with Crippen molar-refractivity contribution in [3.05, 3.63) is 47.3 Å². The second kappa shape index (κ2) is 5.54. The number of hydrogen-bond donors (Lipinski definition) is 3. The lowest BCUT2D eigenvalue weighted by atomic mass is 9.91. The maximum atomic E-state index is 12.4. The van der Waals surface area contributed by atoms with Gasteiger partial charge in [0.2, 0.25) is 0 Å². The van der Waals surface area contributed by atoms with Crippen molar-refractivity contribution in [2.75, 3.05) is 4.72 Å². The molecular weight excluding hydrogens is 286 g/mol. The molecule has 0 spiro atoms. The van der Waals surface area contributed by atoms with Crippen molar-refractivity contribution in [2.45, 2.75) is 37.1 Å². The largest absolute Gasteiger partial charge is 0.363 e. The summed E-state index contributed by atoms with van der Waals surface area (Å²) >= 11 is 0. The fourth-order valence-electron chi connectivity index (χ4n) is 2.77. The Morgan fingerprint density at radius 1 is 1.24 bits per heavy atom. The minimum Gasteiger partial charge on any atom is -0.363 e. The number of aromatic amines is 1. The summed E-state index contributed by atoms with van der Waals surface area (Å²) < 4.78 is 27.6. The van der Waals surface area contributed by atoms with Crippen LogP contribution in [0.1, 0.15) is 29.7 Å². The van der Waals surface area contributed by atoms with Gasteiger partial charge < -0.3 is 10.7 Å². The van der Waals surface area contributed by atoms with Crippen molar-refractivity contribution in [2.24, 2.45) is 5.73 Å². The second-order valence-corrected chi connectivity index (χ2v) is 7.00. The smallest absolute Gasteiger partial charge is 0.263 e. The Hall–Kier alpha value is -1.79. The Morgan fingerprint density at radius 2 is 2.05 bits per heavy atom. The molecule has 1 aliphatic carbocycles. The summed E-state index contributed by atoms with van der Waals surface area (Å²) in [6.45, 7) is 0.288. The highest BCUT2D eigenvalue weighted by molar-refractivity contribution is 7.92. The molecule has 0 unspecified atom stereocenters. The van der Waals surface area contributed by atoms with Crippen LogP contribution in [0.25, 0.3) is 0 Å². The summed E-state index contributed by atoms with van der Waals surface area (Å²) in [5.74, 6) is 0. The Bertz CT molecular complexity index is 750. The van der Waals surface area contributed by atoms with Gasteiger partial charge in [0.1, 0.15) is 4.90 Å². The zero-order valence-electron chi connectivity index (χ0n) is 11.7. The van der Waals surface area contributed by atoms with Crippen LogP contribution in [-0.4, -0.2) is 13.4 Å². The number of H-pyrrole nitrogens is 1. The van der Waals surface area contributed by atoms with Gasteiger partial charge in [-0.3, -0.25) is 4.72 Å². The number of rotatable bonds is 4. The molecule has 1 aliphatic rings. The minimum absolute atomic E-state index is 0.219. The number of fused-ring (bicyclic) bond motifs is 1. The van der Waals surface area contributed by atoms with E-state index in [1.165, 1.54) is 18.2 Å². The number of anilines is 1. The van der Waals surface area contributed by atoms with Gasteiger partial charge in [-0.1, -0.05) is 12.1 Å². The van der Waals surface area contributed by atoms with E-state index in [4.69, 9.17) is 5.73 Å². The van der Waals surface area contributed by atoms with E-state index in [1.54, 1.807) is 6.07 Å². The first-order valence-corrected chi connectivity index (χ1v) is 8.59. The topological polar surface area (TPSA) is 88.0 Å². The number of hydrogen-bond acceptors (Lipinski definition) is 3. The maximum absolute atomic E-state index is 12.4. The lowest BCUT2D eigenvalue weighted by molar-refractivity contribution is 0.601. The number of nitrogens with two attached hydrogens (primary N) is 1. The average molecular weight is 305 g/mol. The maximum Gasteiger partial charge on any atom is 0.263 e. The van der Waals surface area contributed by atoms with E-state index in [0.29, 0.717) is 11.4 Å². The normalized spacial score (nSPS) is 14.7. The van der Waals surface area contributed by atoms with Gasteiger partial charge >= 0.3 is 0 Å². The molecule has 0 radical (unpaired) electrons. The van der Waals surface area contributed by atoms with Gasteiger partial charge in [0.25, 0.3) is 10.0 Å². The van der Waals surface area contributed by atoms with Crippen LogP contribution in [0.5, 0.6) is 0 Å². The van der Waals surface area contributed by atoms with Crippen LogP contribution in [0.2, 0.25) is 0 Å². The number of aromatic nitrogens is 1. The molecule has 0 atom stereocenters. The summed E-state index contributed by atoms with van der Waals surface area (Å²) in [6, 6.07) is 7.38. The van der Waals surface area contributed by atoms with Crippen LogP contribution in [0.4, 0.5) is 5.69 Å². The minimum atomic E-state index is -3.57. The fraction of sp³-hybridized carbons (Fsp3) is 0.333. The molecule has 4 N–H and O–H groups in total. The fourth-order valence-corrected chi connectivity index (χ4v) is 3.88. The van der Waals surface area contributed by atoms with Crippen molar-refractivity contribution < 1.29 is 8.42 Å². The van der Waals surface area contributed by atoms with Crippen LogP contribution in [0, 0.1) is 0 Å². The van der Waals surface area contributed by atoms with E-state index in [2.05, 4.69) is 15.8 Å². The van der Waals surface area contributed by atoms with Gasteiger partial charge in [-0.2, -0.15) is 0 Å². The van der Waals surface area contributed by atoms with Crippen LogP contribution in [0.3, 0.4) is 0 Å². The Balaban J connectivity index is 1.92. The second-order valence-electron chi connectivity index (χ2n) is 5.32. The molecule has 5 nitrogen and oxygen atoms in total. The molecule has 112 valence electrons. The monoisotopic (exact) mass is 305 g/mol. The third-order valence-corrected chi connectivity index (χ3v) is 5.23. The third-order valence-electron chi connectivity index (χ3n) is 3.89. The molecular formula is C15H19N3O2S. The molecule has 0 saturated carbocycles. The van der Waals surface area contributed by atoms with Gasteiger partial charge in [-0.25, -0.2) is 8.42 Å². The molecule has 3 rings (SSSR count). The summed E-state index contributed by atoms with van der Waals surface area (Å²) in [5.41, 5.74) is 9.28. The predicted molar refractivity (Wildman–Crippen MR) is 82.6 cm³/mol. The summed E-state index contributed by atoms with van der Waals surface area (Å²) in [5, 5.41) is 0. The number of nitrogens with one attached hydrogen (secondary N) is 2. The average Bonchev–Trinajstić information content (AvgIpc) is 2.97.